The Labute approximate surface area is 341 Å². The largest absolute Gasteiger partial charge is 0.497 e. The maximum absolute atomic E-state index is 13.2. The number of phosphoric acid groups is 1. The van der Waals surface area contributed by atoms with Gasteiger partial charge in [-0.1, -0.05) is 103 Å². The first-order chi connectivity index (χ1) is 28.1. The Morgan fingerprint density at radius 3 is 2.19 bits per heavy atom. The molecule has 1 aliphatic rings. The van der Waals surface area contributed by atoms with E-state index >= 15 is 0 Å². The van der Waals surface area contributed by atoms with Crippen LogP contribution in [0.4, 0.5) is 5.82 Å². The Kier molecular flexibility index (Phi) is 19.8. The molecular formula is C41H61N6O10P. The third-order valence-corrected chi connectivity index (χ3v) is 11.2. The molecule has 0 aliphatic carbocycles. The van der Waals surface area contributed by atoms with Gasteiger partial charge in [-0.05, 0) is 42.3 Å². The van der Waals surface area contributed by atoms with Crippen molar-refractivity contribution in [1.82, 2.24) is 14.6 Å². The van der Waals surface area contributed by atoms with Gasteiger partial charge >= 0.3 is 7.82 Å². The highest BCUT2D eigenvalue weighted by Crippen LogP contribution is 2.50. The van der Waals surface area contributed by atoms with Gasteiger partial charge in [-0.15, -0.1) is 0 Å². The number of ether oxygens (including phenoxy) is 4. The van der Waals surface area contributed by atoms with Crippen LogP contribution >= 0.6 is 7.82 Å². The highest BCUT2D eigenvalue weighted by molar-refractivity contribution is 7.47. The molecule has 0 amide bonds. The number of anilines is 1. The number of methoxy groups -OCH3 is 1. The van der Waals surface area contributed by atoms with Gasteiger partial charge in [0.25, 0.3) is 0 Å². The number of hydrogen-bond acceptors (Lipinski definition) is 14. The molecule has 320 valence electrons. The second kappa shape index (κ2) is 24.4. The molecule has 2 aromatic heterocycles. The summed E-state index contributed by atoms with van der Waals surface area (Å²) in [5, 5.41) is 45.5. The first-order valence-electron chi connectivity index (χ1n) is 20.5. The van der Waals surface area contributed by atoms with Crippen molar-refractivity contribution in [1.29, 1.82) is 10.5 Å². The Morgan fingerprint density at radius 1 is 0.948 bits per heavy atom. The van der Waals surface area contributed by atoms with E-state index in [1.807, 2.05) is 6.07 Å². The molecule has 17 heteroatoms. The van der Waals surface area contributed by atoms with Crippen LogP contribution in [0.5, 0.6) is 5.75 Å². The molecule has 1 saturated heterocycles. The van der Waals surface area contributed by atoms with Crippen molar-refractivity contribution in [2.24, 2.45) is 0 Å². The molecule has 1 aromatic carbocycles. The minimum atomic E-state index is -5.02. The summed E-state index contributed by atoms with van der Waals surface area (Å²) in [5.74, 6) is 0.555. The van der Waals surface area contributed by atoms with Crippen molar-refractivity contribution in [3.63, 3.8) is 0 Å². The van der Waals surface area contributed by atoms with Crippen molar-refractivity contribution < 1.29 is 47.7 Å². The fraction of sp³-hybridized carbons (Fsp3) is 0.659. The average molecular weight is 829 g/mol. The number of nitrogen functional groups attached to an aromatic ring is 1. The molecule has 6 atom stereocenters. The smallest absolute Gasteiger partial charge is 0.474 e. The predicted octanol–water partition coefficient (Wildman–Crippen LogP) is 6.99. The number of hydrogen-bond donors (Lipinski definition) is 4. The van der Waals surface area contributed by atoms with E-state index in [1.165, 1.54) is 107 Å². The van der Waals surface area contributed by atoms with E-state index in [0.717, 1.165) is 25.6 Å². The lowest BCUT2D eigenvalue weighted by Gasteiger charge is -2.24. The Balaban J connectivity index is 1.24. The van der Waals surface area contributed by atoms with Crippen molar-refractivity contribution in [3.05, 3.63) is 53.5 Å². The Morgan fingerprint density at radius 2 is 1.59 bits per heavy atom. The van der Waals surface area contributed by atoms with E-state index in [9.17, 15) is 30.2 Å². The highest BCUT2D eigenvalue weighted by Gasteiger charge is 2.59. The minimum absolute atomic E-state index is 0.000423. The minimum Gasteiger partial charge on any atom is -0.497 e. The number of rotatable bonds is 29. The maximum Gasteiger partial charge on any atom is 0.474 e. The molecule has 0 spiro atoms. The maximum atomic E-state index is 13.2. The summed E-state index contributed by atoms with van der Waals surface area (Å²) in [4.78, 5) is 14.6. The fourth-order valence-electron chi connectivity index (χ4n) is 6.98. The van der Waals surface area contributed by atoms with E-state index in [-0.39, 0.29) is 24.7 Å². The number of aromatic nitrogens is 3. The van der Waals surface area contributed by atoms with Gasteiger partial charge in [0.05, 0.1) is 44.3 Å². The van der Waals surface area contributed by atoms with E-state index < -0.39 is 44.6 Å². The zero-order chi connectivity index (χ0) is 41.8. The molecule has 4 rings (SSSR count). The molecule has 0 saturated carbocycles. The zero-order valence-corrected chi connectivity index (χ0v) is 34.8. The molecule has 16 nitrogen and oxygen atoms in total. The first kappa shape index (κ1) is 47.0. The van der Waals surface area contributed by atoms with Gasteiger partial charge in [0.15, 0.2) is 12.1 Å². The summed E-state index contributed by atoms with van der Waals surface area (Å²) >= 11 is 0. The summed E-state index contributed by atoms with van der Waals surface area (Å²) in [7, 11) is -3.53. The van der Waals surface area contributed by atoms with Gasteiger partial charge in [0.1, 0.15) is 42.0 Å². The molecule has 0 radical (unpaired) electrons. The summed E-state index contributed by atoms with van der Waals surface area (Å²) in [6.07, 6.45) is 14.6. The van der Waals surface area contributed by atoms with Gasteiger partial charge in [-0.3, -0.25) is 9.05 Å². The van der Waals surface area contributed by atoms with Crippen LogP contribution in [0.1, 0.15) is 126 Å². The third-order valence-electron chi connectivity index (χ3n) is 10.3. The summed E-state index contributed by atoms with van der Waals surface area (Å²) in [5.41, 5.74) is 4.92. The van der Waals surface area contributed by atoms with Gasteiger partial charge in [-0.2, -0.15) is 15.6 Å². The molecule has 1 aliphatic heterocycles. The van der Waals surface area contributed by atoms with Gasteiger partial charge in [-0.25, -0.2) is 14.1 Å². The zero-order valence-electron chi connectivity index (χ0n) is 33.9. The topological polar surface area (TPSA) is 237 Å². The van der Waals surface area contributed by atoms with Crippen molar-refractivity contribution >= 4 is 19.2 Å². The van der Waals surface area contributed by atoms with Crippen molar-refractivity contribution in [2.75, 3.05) is 32.7 Å². The molecule has 3 heterocycles. The summed E-state index contributed by atoms with van der Waals surface area (Å²) in [6, 6.07) is 11.7. The average Bonchev–Trinajstić information content (AvgIpc) is 3.77. The van der Waals surface area contributed by atoms with Crippen LogP contribution in [0.3, 0.4) is 0 Å². The predicted molar refractivity (Wildman–Crippen MR) is 215 cm³/mol. The van der Waals surface area contributed by atoms with E-state index in [4.69, 9.17) is 33.7 Å². The molecule has 3 aromatic rings. The van der Waals surface area contributed by atoms with Crippen LogP contribution in [0.15, 0.2) is 36.7 Å². The van der Waals surface area contributed by atoms with Crippen LogP contribution in [-0.2, 0) is 40.0 Å². The van der Waals surface area contributed by atoms with Crippen molar-refractivity contribution in [3.8, 4) is 17.9 Å². The Bertz CT molecular complexity index is 1820. The summed E-state index contributed by atoms with van der Waals surface area (Å²) in [6.45, 7) is 2.24. The molecule has 0 bridgehead atoms. The van der Waals surface area contributed by atoms with Crippen LogP contribution in [0.25, 0.3) is 5.52 Å². The van der Waals surface area contributed by atoms with Gasteiger partial charge < -0.3 is 39.8 Å². The quantitative estimate of drug-likeness (QED) is 0.0408. The lowest BCUT2D eigenvalue weighted by Crippen LogP contribution is -2.40. The van der Waals surface area contributed by atoms with E-state index in [2.05, 4.69) is 23.1 Å². The van der Waals surface area contributed by atoms with Gasteiger partial charge in [0, 0.05) is 6.61 Å². The second-order valence-electron chi connectivity index (χ2n) is 14.8. The molecule has 58 heavy (non-hydrogen) atoms. The summed E-state index contributed by atoms with van der Waals surface area (Å²) < 4.78 is 47.8. The number of aliphatic hydroxyl groups excluding tert-OH is 2. The molecule has 5 N–H and O–H groups in total. The highest BCUT2D eigenvalue weighted by atomic mass is 31.2. The first-order valence-corrected chi connectivity index (χ1v) is 22.0. The number of nitrogens with zero attached hydrogens (tertiary/aromatic N) is 5. The third kappa shape index (κ3) is 14.0. The standard InChI is InChI=1S/C41H61N6O10P/c1-3-4-5-6-7-8-9-10-11-12-13-14-15-16-17-18-21-53-27-34(54-26-32-22-31(25-42)23-33(24-32)52-2)28-55-58(50,51)57-40-37(48)38(49)41(29-43,56-40)36-20-19-35-39(44)45-30-46-47(35)36/h19-20,22-24,30,34,37-38,40,48-49H,3-18,21,26-28H2,1-2H3,(H,50,51)(H2,44,45,46)/t34-,37+,38-,40-,41+/m1/s1. The van der Waals surface area contributed by atoms with Crippen LogP contribution in [0.2, 0.25) is 0 Å². The van der Waals surface area contributed by atoms with Crippen LogP contribution in [-0.4, -0.2) is 81.2 Å². The number of nitriles is 2. The fourth-order valence-corrected chi connectivity index (χ4v) is 7.83. The number of phosphoric ester groups is 1. The SMILES string of the molecule is CCCCCCCCCCCCCCCCCCOC[C@H](COP(=O)(O)O[C@H]1O[C@@](C#N)(c2ccc3c(N)ncnn23)[C@H](O)[C@@H]1O)OCc1cc(C#N)cc(OC)c1. The van der Waals surface area contributed by atoms with E-state index in [0.29, 0.717) is 29.0 Å². The van der Waals surface area contributed by atoms with Gasteiger partial charge in [0.2, 0.25) is 5.60 Å². The number of aliphatic hydroxyl groups is 2. The normalized spacial score (nSPS) is 20.8. The second-order valence-corrected chi connectivity index (χ2v) is 16.2. The molecular weight excluding hydrogens is 767 g/mol. The van der Waals surface area contributed by atoms with Crippen LogP contribution < -0.4 is 10.5 Å². The van der Waals surface area contributed by atoms with Crippen LogP contribution in [0, 0.1) is 22.7 Å². The number of benzene rings is 1. The lowest BCUT2D eigenvalue weighted by atomic mass is 9.93. The number of fused-ring (bicyclic) bond motifs is 1. The Hall–Kier alpha value is -3.67. The van der Waals surface area contributed by atoms with E-state index in [1.54, 1.807) is 18.2 Å². The number of unbranched alkanes of at least 4 members (excludes halogenated alkanes) is 15. The lowest BCUT2D eigenvalue weighted by molar-refractivity contribution is -0.145. The number of nitrogens with two attached hydrogens (primary N) is 1. The van der Waals surface area contributed by atoms with Crippen molar-refractivity contribution in [2.45, 2.75) is 146 Å². The molecule has 1 unspecified atom stereocenters. The molecule has 1 fully saturated rings. The monoisotopic (exact) mass is 828 g/mol.